The summed E-state index contributed by atoms with van der Waals surface area (Å²) < 4.78 is 15.1. The third-order valence-electron chi connectivity index (χ3n) is 3.75. The van der Waals surface area contributed by atoms with Crippen LogP contribution in [0.5, 0.6) is 0 Å². The van der Waals surface area contributed by atoms with Gasteiger partial charge in [0.2, 0.25) is 0 Å². The number of aromatic nitrogens is 2. The molecule has 0 bridgehead atoms. The molecular weight excluding hydrogens is 313 g/mol. The summed E-state index contributed by atoms with van der Waals surface area (Å²) in [6.07, 6.45) is 4.83. The number of aliphatic hydroxyl groups excluding tert-OH is 1. The first-order valence-electron chi connectivity index (χ1n) is 7.11. The van der Waals surface area contributed by atoms with E-state index in [1.807, 2.05) is 29.9 Å². The molecule has 1 N–H and O–H groups in total. The molecule has 1 unspecified atom stereocenters. The molecule has 0 spiro atoms. The fourth-order valence-electron chi connectivity index (χ4n) is 2.82. The zero-order valence-corrected chi connectivity index (χ0v) is 16.1. The van der Waals surface area contributed by atoms with Gasteiger partial charge in [-0.05, 0) is 42.3 Å². The molecule has 0 aliphatic heterocycles. The Morgan fingerprint density at radius 3 is 2.21 bits per heavy atom. The number of pyridine rings is 1. The van der Waals surface area contributed by atoms with Crippen LogP contribution in [0.15, 0.2) is 55.0 Å². The van der Waals surface area contributed by atoms with Gasteiger partial charge in [-0.2, -0.15) is 0 Å². The second-order valence-corrected chi connectivity index (χ2v) is 5.33. The van der Waals surface area contributed by atoms with E-state index in [2.05, 4.69) is 4.98 Å². The van der Waals surface area contributed by atoms with Crippen molar-refractivity contribution in [1.82, 2.24) is 9.55 Å². The van der Waals surface area contributed by atoms with Crippen molar-refractivity contribution >= 4 is 8.41 Å². The molecule has 0 aliphatic carbocycles. The first-order valence-corrected chi connectivity index (χ1v) is 7.11. The van der Waals surface area contributed by atoms with Gasteiger partial charge in [-0.15, -0.1) is 0 Å². The second kappa shape index (κ2) is 8.63. The summed E-state index contributed by atoms with van der Waals surface area (Å²) in [5, 5.41) is 10.2. The average molecular weight is 331 g/mol. The first-order chi connectivity index (χ1) is 10.6. The summed E-state index contributed by atoms with van der Waals surface area (Å²) in [5.74, 6) is -0.274. The maximum atomic E-state index is 13.2. The van der Waals surface area contributed by atoms with Crippen LogP contribution in [-0.2, 0) is 7.05 Å². The molecule has 0 aliphatic rings. The molecular formula is C18H18BFN2NaO. The molecule has 0 fully saturated rings. The Labute approximate surface area is 166 Å². The van der Waals surface area contributed by atoms with Crippen molar-refractivity contribution in [2.24, 2.45) is 7.05 Å². The number of aryl methyl sites for hydroxylation is 1. The van der Waals surface area contributed by atoms with Gasteiger partial charge in [0.1, 0.15) is 5.82 Å². The third-order valence-corrected chi connectivity index (χ3v) is 3.75. The van der Waals surface area contributed by atoms with E-state index >= 15 is 0 Å². The van der Waals surface area contributed by atoms with Crippen molar-refractivity contribution < 1.29 is 40.5 Å². The van der Waals surface area contributed by atoms with Gasteiger partial charge in [0.05, 0.1) is 11.8 Å². The minimum Gasteiger partial charge on any atom is -1.00 e. The van der Waals surface area contributed by atoms with E-state index in [0.29, 0.717) is 0 Å². The van der Waals surface area contributed by atoms with E-state index in [4.69, 9.17) is 0 Å². The molecule has 0 saturated heterocycles. The van der Waals surface area contributed by atoms with Crippen molar-refractivity contribution in [3.05, 3.63) is 66.5 Å². The van der Waals surface area contributed by atoms with Crippen LogP contribution < -0.4 is 29.6 Å². The summed E-state index contributed by atoms with van der Waals surface area (Å²) in [7, 11) is 1.90. The maximum absolute atomic E-state index is 13.2. The second-order valence-electron chi connectivity index (χ2n) is 5.33. The van der Waals surface area contributed by atoms with Crippen molar-refractivity contribution in [2.45, 2.75) is 13.0 Å². The van der Waals surface area contributed by atoms with Crippen LogP contribution in [0.3, 0.4) is 0 Å². The van der Waals surface area contributed by atoms with Crippen LogP contribution in [0.2, 0.25) is 0 Å². The normalized spacial score (nSPS) is 11.3. The number of rotatable bonds is 3. The van der Waals surface area contributed by atoms with E-state index in [-0.39, 0.29) is 45.2 Å². The molecule has 2 aromatic heterocycles. The van der Waals surface area contributed by atoms with Gasteiger partial charge in [-0.1, -0.05) is 12.1 Å². The minimum atomic E-state index is -0.624. The predicted molar refractivity (Wildman–Crippen MR) is 91.5 cm³/mol. The van der Waals surface area contributed by atoms with E-state index in [0.717, 1.165) is 27.9 Å². The van der Waals surface area contributed by atoms with Crippen molar-refractivity contribution in [2.75, 3.05) is 0 Å². The summed E-state index contributed by atoms with van der Waals surface area (Å²) in [5.41, 5.74) is 4.61. The molecule has 3 aromatic rings. The number of hydrogen-bond donors (Lipinski definition) is 1. The Kier molecular flexibility index (Phi) is 7.42. The fourth-order valence-corrected chi connectivity index (χ4v) is 2.82. The molecule has 1 aromatic carbocycles. The zero-order chi connectivity index (χ0) is 15.7. The summed E-state index contributed by atoms with van der Waals surface area (Å²) in [6, 6.07) is 10.2. The van der Waals surface area contributed by atoms with E-state index in [9.17, 15) is 9.50 Å². The standard InChI is InChI=1S/C18H17FN2O.B.Na.H/c1-12(22)18-17(14-3-5-15(19)6-4-14)16(11-21(18)2)13-7-9-20-10-8-13;;;/h3-12,22H,1-2H3;;;/q;;+1;-1. The Morgan fingerprint density at radius 1 is 1.08 bits per heavy atom. The number of aliphatic hydroxyl groups is 1. The minimum absolute atomic E-state index is 0. The van der Waals surface area contributed by atoms with Crippen LogP contribution in [0, 0.1) is 5.82 Å². The predicted octanol–water partition coefficient (Wildman–Crippen LogP) is 0.682. The number of hydrogen-bond acceptors (Lipinski definition) is 2. The summed E-state index contributed by atoms with van der Waals surface area (Å²) in [4.78, 5) is 4.04. The Hall–Kier alpha value is -1.40. The van der Waals surface area contributed by atoms with Crippen molar-refractivity contribution in [1.29, 1.82) is 0 Å². The largest absolute Gasteiger partial charge is 1.00 e. The molecule has 1 atom stereocenters. The molecule has 0 saturated carbocycles. The quantitative estimate of drug-likeness (QED) is 0.717. The van der Waals surface area contributed by atoms with Gasteiger partial charge in [-0.25, -0.2) is 4.39 Å². The Balaban J connectivity index is 0.00000192. The number of benzene rings is 1. The third kappa shape index (κ3) is 3.98. The van der Waals surface area contributed by atoms with Gasteiger partial charge in [0, 0.05) is 45.2 Å². The first kappa shape index (κ1) is 20.6. The van der Waals surface area contributed by atoms with Crippen molar-refractivity contribution in [3.8, 4) is 22.3 Å². The molecule has 0 amide bonds. The summed E-state index contributed by atoms with van der Waals surface area (Å²) >= 11 is 0. The number of nitrogens with zero attached hydrogens (tertiary/aromatic N) is 2. The monoisotopic (exact) mass is 331 g/mol. The van der Waals surface area contributed by atoms with Gasteiger partial charge in [0.15, 0.2) is 0 Å². The molecule has 3 rings (SSSR count). The van der Waals surface area contributed by atoms with Gasteiger partial charge >= 0.3 is 29.6 Å². The molecule has 2 heterocycles. The van der Waals surface area contributed by atoms with E-state index < -0.39 is 6.10 Å². The molecule has 117 valence electrons. The summed E-state index contributed by atoms with van der Waals surface area (Å²) in [6.45, 7) is 1.73. The van der Waals surface area contributed by atoms with Crippen LogP contribution in [0.1, 0.15) is 20.1 Å². The smallest absolute Gasteiger partial charge is 1.00 e. The molecule has 3 nitrogen and oxygen atoms in total. The molecule has 3 radical (unpaired) electrons. The SMILES string of the molecule is CC(O)c1c(-c2ccc(F)cc2)c(-c2ccncc2)cn1C.[B].[H-].[Na+]. The molecule has 24 heavy (non-hydrogen) atoms. The topological polar surface area (TPSA) is 38.1 Å². The maximum Gasteiger partial charge on any atom is 1.00 e. The molecule has 6 heteroatoms. The van der Waals surface area contributed by atoms with E-state index in [1.54, 1.807) is 31.5 Å². The fraction of sp³-hybridized carbons (Fsp3) is 0.167. The number of halogens is 1. The van der Waals surface area contributed by atoms with Crippen LogP contribution in [-0.4, -0.2) is 23.1 Å². The zero-order valence-electron chi connectivity index (χ0n) is 15.1. The van der Waals surface area contributed by atoms with Gasteiger partial charge in [0.25, 0.3) is 0 Å². The van der Waals surface area contributed by atoms with Crippen molar-refractivity contribution in [3.63, 3.8) is 0 Å². The van der Waals surface area contributed by atoms with Gasteiger partial charge in [-0.3, -0.25) is 4.98 Å². The Morgan fingerprint density at radius 2 is 1.67 bits per heavy atom. The van der Waals surface area contributed by atoms with Crippen LogP contribution in [0.25, 0.3) is 22.3 Å². The average Bonchev–Trinajstić information content (AvgIpc) is 2.86. The van der Waals surface area contributed by atoms with Crippen LogP contribution >= 0.6 is 0 Å². The van der Waals surface area contributed by atoms with E-state index in [1.165, 1.54) is 12.1 Å². The Bertz CT molecular complexity index is 795. The van der Waals surface area contributed by atoms with Crippen LogP contribution in [0.4, 0.5) is 4.39 Å². The van der Waals surface area contributed by atoms with Gasteiger partial charge < -0.3 is 11.1 Å².